The smallest absolute Gasteiger partial charge is 0.257 e. The van der Waals surface area contributed by atoms with Crippen LogP contribution in [0.1, 0.15) is 21.5 Å². The predicted octanol–water partition coefficient (Wildman–Crippen LogP) is 3.97. The number of carbonyl (C=O) groups excluding carboxylic acids is 2. The Morgan fingerprint density at radius 2 is 1.79 bits per heavy atom. The second-order valence-electron chi connectivity index (χ2n) is 7.93. The molecule has 1 amide bonds. The molecule has 34 heavy (non-hydrogen) atoms. The number of Topliss-reactive ketones (excluding diaryl/α,β-unsaturated/α-hetero) is 1. The number of aromatic nitrogens is 3. The van der Waals surface area contributed by atoms with Gasteiger partial charge in [0.1, 0.15) is 19.0 Å². The number of aryl methyl sites for hydroxylation is 1. The van der Waals surface area contributed by atoms with E-state index in [1.54, 1.807) is 22.7 Å². The van der Waals surface area contributed by atoms with Crippen molar-refractivity contribution in [1.29, 1.82) is 0 Å². The monoisotopic (exact) mass is 474 g/mol. The van der Waals surface area contributed by atoms with Crippen molar-refractivity contribution in [2.75, 3.05) is 24.3 Å². The highest BCUT2D eigenvalue weighted by atomic mass is 32.2. The number of anilines is 1. The number of amides is 1. The van der Waals surface area contributed by atoms with Crippen molar-refractivity contribution < 1.29 is 19.1 Å². The Morgan fingerprint density at radius 1 is 1.00 bits per heavy atom. The van der Waals surface area contributed by atoms with Gasteiger partial charge in [-0.25, -0.2) is 0 Å². The van der Waals surface area contributed by atoms with Crippen LogP contribution >= 0.6 is 11.8 Å². The largest absolute Gasteiger partial charge is 0.486 e. The minimum absolute atomic E-state index is 0.0479. The molecular weight excluding hydrogens is 452 g/mol. The minimum Gasteiger partial charge on any atom is -0.486 e. The molecule has 8 nitrogen and oxygen atoms in total. The Bertz CT molecular complexity index is 1370. The molecule has 4 aromatic rings. The highest BCUT2D eigenvalue weighted by molar-refractivity contribution is 7.99. The van der Waals surface area contributed by atoms with E-state index in [0.717, 1.165) is 16.8 Å². The molecule has 0 saturated carbocycles. The average molecular weight is 475 g/mol. The zero-order valence-electron chi connectivity index (χ0n) is 18.5. The van der Waals surface area contributed by atoms with Crippen LogP contribution in [0, 0.1) is 6.92 Å². The van der Waals surface area contributed by atoms with E-state index in [2.05, 4.69) is 15.5 Å². The molecule has 3 heterocycles. The number of nitrogens with one attached hydrogen (secondary N) is 1. The summed E-state index contributed by atoms with van der Waals surface area (Å²) in [7, 11) is 0. The van der Waals surface area contributed by atoms with Crippen LogP contribution in [-0.2, 0) is 11.2 Å². The molecule has 0 spiro atoms. The molecule has 0 saturated heterocycles. The quantitative estimate of drug-likeness (QED) is 0.405. The van der Waals surface area contributed by atoms with Crippen molar-refractivity contribution in [2.24, 2.45) is 0 Å². The van der Waals surface area contributed by atoms with Gasteiger partial charge in [0.05, 0.1) is 11.3 Å². The molecule has 0 radical (unpaired) electrons. The van der Waals surface area contributed by atoms with Crippen LogP contribution in [0.15, 0.2) is 66.0 Å². The summed E-state index contributed by atoms with van der Waals surface area (Å²) in [6.07, 6.45) is 1.97. The lowest BCUT2D eigenvalue weighted by Gasteiger charge is -2.18. The molecule has 1 N–H and O–H groups in total. The molecule has 2 aromatic carbocycles. The first-order chi connectivity index (χ1) is 16.5. The van der Waals surface area contributed by atoms with E-state index in [1.807, 2.05) is 49.4 Å². The highest BCUT2D eigenvalue weighted by Crippen LogP contribution is 2.31. The van der Waals surface area contributed by atoms with Gasteiger partial charge < -0.3 is 14.8 Å². The van der Waals surface area contributed by atoms with Gasteiger partial charge in [0, 0.05) is 18.3 Å². The first-order valence-electron chi connectivity index (χ1n) is 10.8. The second kappa shape index (κ2) is 9.56. The molecule has 5 rings (SSSR count). The van der Waals surface area contributed by atoms with Crippen molar-refractivity contribution in [3.63, 3.8) is 0 Å². The van der Waals surface area contributed by atoms with Gasteiger partial charge in [0.15, 0.2) is 22.3 Å². The molecule has 0 unspecified atom stereocenters. The van der Waals surface area contributed by atoms with Crippen molar-refractivity contribution in [1.82, 2.24) is 14.6 Å². The first-order valence-corrected chi connectivity index (χ1v) is 11.8. The Hall–Kier alpha value is -3.85. The topological polar surface area (TPSA) is 94.8 Å². The molecule has 1 aliphatic rings. The number of ether oxygens (including phenoxy) is 2. The molecule has 2 aromatic heterocycles. The summed E-state index contributed by atoms with van der Waals surface area (Å²) in [6.45, 7) is 3.03. The number of benzene rings is 2. The van der Waals surface area contributed by atoms with E-state index in [9.17, 15) is 9.59 Å². The molecule has 0 atom stereocenters. The Balaban J connectivity index is 1.24. The summed E-state index contributed by atoms with van der Waals surface area (Å²) in [5.74, 6) is 1.42. The van der Waals surface area contributed by atoms with Gasteiger partial charge in [-0.05, 0) is 48.9 Å². The van der Waals surface area contributed by atoms with Gasteiger partial charge in [0.2, 0.25) is 0 Å². The fourth-order valence-electron chi connectivity index (χ4n) is 3.56. The second-order valence-corrected chi connectivity index (χ2v) is 8.87. The third-order valence-electron chi connectivity index (χ3n) is 5.31. The van der Waals surface area contributed by atoms with E-state index in [1.165, 1.54) is 11.8 Å². The third kappa shape index (κ3) is 4.89. The number of rotatable bonds is 7. The fourth-order valence-corrected chi connectivity index (χ4v) is 4.34. The number of pyridine rings is 1. The van der Waals surface area contributed by atoms with Gasteiger partial charge >= 0.3 is 0 Å². The SMILES string of the molecule is Cc1ccc(NC(=O)c2ccc3nnc(SCC(=O)Cc4ccc5c(c4)OCCO5)n3c2)cc1. The average Bonchev–Trinajstić information content (AvgIpc) is 3.26. The molecular formula is C25H22N4O4S. The number of ketones is 1. The maximum Gasteiger partial charge on any atom is 0.257 e. The van der Waals surface area contributed by atoms with E-state index >= 15 is 0 Å². The first kappa shape index (κ1) is 22.0. The lowest BCUT2D eigenvalue weighted by Crippen LogP contribution is -2.15. The predicted molar refractivity (Wildman–Crippen MR) is 129 cm³/mol. The van der Waals surface area contributed by atoms with Gasteiger partial charge in [-0.2, -0.15) is 0 Å². The molecule has 0 fully saturated rings. The van der Waals surface area contributed by atoms with Crippen LogP contribution in [0.5, 0.6) is 11.5 Å². The van der Waals surface area contributed by atoms with Crippen molar-refractivity contribution in [3.8, 4) is 11.5 Å². The number of hydrogen-bond acceptors (Lipinski definition) is 7. The zero-order valence-corrected chi connectivity index (χ0v) is 19.3. The lowest BCUT2D eigenvalue weighted by atomic mass is 10.1. The minimum atomic E-state index is -0.231. The van der Waals surface area contributed by atoms with E-state index in [-0.39, 0.29) is 23.9 Å². The van der Waals surface area contributed by atoms with Crippen LogP contribution in [0.2, 0.25) is 0 Å². The van der Waals surface area contributed by atoms with Gasteiger partial charge in [-0.3, -0.25) is 14.0 Å². The Morgan fingerprint density at radius 3 is 2.62 bits per heavy atom. The van der Waals surface area contributed by atoms with Crippen molar-refractivity contribution >= 4 is 34.8 Å². The van der Waals surface area contributed by atoms with Crippen LogP contribution < -0.4 is 14.8 Å². The maximum atomic E-state index is 12.7. The summed E-state index contributed by atoms with van der Waals surface area (Å²) < 4.78 is 12.8. The Labute approximate surface area is 200 Å². The third-order valence-corrected chi connectivity index (χ3v) is 6.32. The number of hydrogen-bond donors (Lipinski definition) is 1. The lowest BCUT2D eigenvalue weighted by molar-refractivity contribution is -0.116. The standard InChI is InChI=1S/C25H22N4O4S/c1-16-2-6-19(7-3-16)26-24(31)18-5-9-23-27-28-25(29(23)14-18)34-15-20(30)12-17-4-8-21-22(13-17)33-11-10-32-21/h2-9,13-14H,10-12,15H2,1H3,(H,26,31). The molecule has 172 valence electrons. The molecule has 9 heteroatoms. The van der Waals surface area contributed by atoms with E-state index < -0.39 is 0 Å². The number of fused-ring (bicyclic) bond motifs is 2. The van der Waals surface area contributed by atoms with E-state index in [4.69, 9.17) is 9.47 Å². The van der Waals surface area contributed by atoms with Crippen LogP contribution in [-0.4, -0.2) is 45.3 Å². The number of carbonyl (C=O) groups is 2. The summed E-state index contributed by atoms with van der Waals surface area (Å²) in [4.78, 5) is 25.3. The van der Waals surface area contributed by atoms with Crippen molar-refractivity contribution in [3.05, 3.63) is 77.5 Å². The van der Waals surface area contributed by atoms with Crippen LogP contribution in [0.25, 0.3) is 5.65 Å². The normalized spacial score (nSPS) is 12.5. The van der Waals surface area contributed by atoms with Gasteiger partial charge in [0.25, 0.3) is 5.91 Å². The molecule has 0 bridgehead atoms. The molecule has 1 aliphatic heterocycles. The summed E-state index contributed by atoms with van der Waals surface area (Å²) >= 11 is 1.29. The highest BCUT2D eigenvalue weighted by Gasteiger charge is 2.15. The maximum absolute atomic E-state index is 12.7. The summed E-state index contributed by atoms with van der Waals surface area (Å²) in [5.41, 5.74) is 3.79. The number of thioether (sulfide) groups is 1. The summed E-state index contributed by atoms with van der Waals surface area (Å²) in [5, 5.41) is 11.8. The van der Waals surface area contributed by atoms with E-state index in [0.29, 0.717) is 41.1 Å². The van der Waals surface area contributed by atoms with Crippen LogP contribution in [0.4, 0.5) is 5.69 Å². The fraction of sp³-hybridized carbons (Fsp3) is 0.200. The van der Waals surface area contributed by atoms with Gasteiger partial charge in [-0.1, -0.05) is 35.5 Å². The van der Waals surface area contributed by atoms with Gasteiger partial charge in [-0.15, -0.1) is 10.2 Å². The van der Waals surface area contributed by atoms with Crippen molar-refractivity contribution in [2.45, 2.75) is 18.5 Å². The zero-order chi connectivity index (χ0) is 23.5. The van der Waals surface area contributed by atoms with Crippen LogP contribution in [0.3, 0.4) is 0 Å². The number of nitrogens with zero attached hydrogens (tertiary/aromatic N) is 3. The Kier molecular flexibility index (Phi) is 6.18. The summed E-state index contributed by atoms with van der Waals surface area (Å²) in [6, 6.07) is 16.6. The molecule has 0 aliphatic carbocycles.